The summed E-state index contributed by atoms with van der Waals surface area (Å²) in [4.78, 5) is 11.7. The highest BCUT2D eigenvalue weighted by molar-refractivity contribution is 5.76. The molecule has 0 aliphatic carbocycles. The van der Waals surface area contributed by atoms with E-state index in [2.05, 4.69) is 10.6 Å². The number of nitrogens with one attached hydrogen (secondary N) is 2. The first kappa shape index (κ1) is 14.9. The molecule has 0 bridgehead atoms. The fourth-order valence-corrected chi connectivity index (χ4v) is 2.43. The van der Waals surface area contributed by atoms with Crippen LogP contribution >= 0.6 is 0 Å². The number of hydrogen-bond acceptors (Lipinski definition) is 2. The molecule has 5 heteroatoms. The minimum atomic E-state index is -0.477. The normalized spacial score (nSPS) is 18.8. The number of carbonyl (C=O) groups excluding carboxylic acids is 1. The molecule has 1 heterocycles. The lowest BCUT2D eigenvalue weighted by atomic mass is 9.99. The van der Waals surface area contributed by atoms with Gasteiger partial charge in [-0.15, -0.1) is 0 Å². The molecular formula is C15H20F2N2O. The zero-order chi connectivity index (χ0) is 14.4. The Kier molecular flexibility index (Phi) is 5.47. The summed E-state index contributed by atoms with van der Waals surface area (Å²) >= 11 is 0. The van der Waals surface area contributed by atoms with E-state index in [1.165, 1.54) is 0 Å². The molecule has 0 aromatic heterocycles. The summed E-state index contributed by atoms with van der Waals surface area (Å²) in [6.45, 7) is 2.62. The predicted molar refractivity (Wildman–Crippen MR) is 73.3 cm³/mol. The molecule has 0 radical (unpaired) electrons. The van der Waals surface area contributed by atoms with E-state index in [0.717, 1.165) is 44.1 Å². The van der Waals surface area contributed by atoms with Crippen molar-refractivity contribution in [2.24, 2.45) is 5.92 Å². The number of piperidine rings is 1. The van der Waals surface area contributed by atoms with Gasteiger partial charge in [0, 0.05) is 13.0 Å². The number of amides is 1. The van der Waals surface area contributed by atoms with E-state index in [0.29, 0.717) is 12.5 Å². The van der Waals surface area contributed by atoms with E-state index < -0.39 is 11.6 Å². The molecule has 1 unspecified atom stereocenters. The van der Waals surface area contributed by atoms with E-state index in [1.807, 2.05) is 0 Å². The van der Waals surface area contributed by atoms with Crippen LogP contribution in [0, 0.1) is 17.6 Å². The summed E-state index contributed by atoms with van der Waals surface area (Å²) in [7, 11) is 0. The molecule has 1 fully saturated rings. The molecule has 1 saturated heterocycles. The average molecular weight is 282 g/mol. The van der Waals surface area contributed by atoms with E-state index in [9.17, 15) is 13.6 Å². The smallest absolute Gasteiger partial charge is 0.220 e. The van der Waals surface area contributed by atoms with E-state index >= 15 is 0 Å². The third-order valence-electron chi connectivity index (χ3n) is 3.62. The largest absolute Gasteiger partial charge is 0.356 e. The minimum Gasteiger partial charge on any atom is -0.356 e. The Morgan fingerprint density at radius 3 is 3.00 bits per heavy atom. The van der Waals surface area contributed by atoms with Gasteiger partial charge in [0.1, 0.15) is 11.6 Å². The summed E-state index contributed by atoms with van der Waals surface area (Å²) in [5.41, 5.74) is 0.250. The quantitative estimate of drug-likeness (QED) is 0.867. The van der Waals surface area contributed by atoms with Crippen LogP contribution in [0.5, 0.6) is 0 Å². The first-order valence-corrected chi connectivity index (χ1v) is 7.06. The molecule has 1 atom stereocenters. The second kappa shape index (κ2) is 7.33. The van der Waals surface area contributed by atoms with Crippen LogP contribution in [0.25, 0.3) is 0 Å². The standard InChI is InChI=1S/C15H20F2N2O/c16-13-4-5-14(17)12(8-13)3-6-15(20)19-10-11-2-1-7-18-9-11/h4-5,8,11,18H,1-3,6-7,9-10H2,(H,19,20). The van der Waals surface area contributed by atoms with E-state index in [1.54, 1.807) is 0 Å². The molecule has 1 aliphatic heterocycles. The van der Waals surface area contributed by atoms with Gasteiger partial charge in [0.25, 0.3) is 0 Å². The number of aryl methyl sites for hydroxylation is 1. The van der Waals surface area contributed by atoms with Crippen molar-refractivity contribution >= 4 is 5.91 Å². The number of hydrogen-bond donors (Lipinski definition) is 2. The van der Waals surface area contributed by atoms with Crippen LogP contribution in [0.4, 0.5) is 8.78 Å². The molecule has 3 nitrogen and oxygen atoms in total. The average Bonchev–Trinajstić information content (AvgIpc) is 2.47. The Labute approximate surface area is 117 Å². The van der Waals surface area contributed by atoms with Crippen molar-refractivity contribution in [2.45, 2.75) is 25.7 Å². The highest BCUT2D eigenvalue weighted by Gasteiger charge is 2.14. The summed E-state index contributed by atoms with van der Waals surface area (Å²) in [6, 6.07) is 3.32. The predicted octanol–water partition coefficient (Wildman–Crippen LogP) is 2.01. The molecule has 2 rings (SSSR count). The van der Waals surface area contributed by atoms with Crippen LogP contribution in [0.1, 0.15) is 24.8 Å². The van der Waals surface area contributed by atoms with Crippen molar-refractivity contribution in [3.63, 3.8) is 0 Å². The maximum atomic E-state index is 13.4. The molecule has 1 amide bonds. The molecular weight excluding hydrogens is 262 g/mol. The minimum absolute atomic E-state index is 0.112. The van der Waals surface area contributed by atoms with Gasteiger partial charge >= 0.3 is 0 Å². The van der Waals surface area contributed by atoms with Gasteiger partial charge in [-0.2, -0.15) is 0 Å². The molecule has 20 heavy (non-hydrogen) atoms. The fourth-order valence-electron chi connectivity index (χ4n) is 2.43. The Balaban J connectivity index is 1.73. The van der Waals surface area contributed by atoms with Gasteiger partial charge in [-0.25, -0.2) is 8.78 Å². The van der Waals surface area contributed by atoms with Crippen LogP contribution in [0.3, 0.4) is 0 Å². The van der Waals surface area contributed by atoms with E-state index in [4.69, 9.17) is 0 Å². The maximum Gasteiger partial charge on any atom is 0.220 e. The van der Waals surface area contributed by atoms with Crippen molar-refractivity contribution in [3.05, 3.63) is 35.4 Å². The lowest BCUT2D eigenvalue weighted by Crippen LogP contribution is -2.38. The van der Waals surface area contributed by atoms with Crippen LogP contribution in [0.15, 0.2) is 18.2 Å². The fraction of sp³-hybridized carbons (Fsp3) is 0.533. The van der Waals surface area contributed by atoms with Gasteiger partial charge in [0.05, 0.1) is 0 Å². The van der Waals surface area contributed by atoms with Gasteiger partial charge in [-0.3, -0.25) is 4.79 Å². The first-order valence-electron chi connectivity index (χ1n) is 7.06. The molecule has 1 aliphatic rings. The second-order valence-electron chi connectivity index (χ2n) is 5.25. The van der Waals surface area contributed by atoms with Crippen molar-refractivity contribution in [1.82, 2.24) is 10.6 Å². The number of halogens is 2. The topological polar surface area (TPSA) is 41.1 Å². The Morgan fingerprint density at radius 2 is 2.25 bits per heavy atom. The number of rotatable bonds is 5. The Morgan fingerprint density at radius 1 is 1.40 bits per heavy atom. The van der Waals surface area contributed by atoms with Crippen molar-refractivity contribution in [1.29, 1.82) is 0 Å². The summed E-state index contributed by atoms with van der Waals surface area (Å²) in [5.74, 6) is -0.580. The highest BCUT2D eigenvalue weighted by Crippen LogP contribution is 2.12. The van der Waals surface area contributed by atoms with Crippen molar-refractivity contribution in [3.8, 4) is 0 Å². The third-order valence-corrected chi connectivity index (χ3v) is 3.62. The zero-order valence-corrected chi connectivity index (χ0v) is 11.4. The SMILES string of the molecule is O=C(CCc1cc(F)ccc1F)NCC1CCCNC1. The van der Waals surface area contributed by atoms with Gasteiger partial charge in [0.2, 0.25) is 5.91 Å². The molecule has 1 aromatic rings. The molecule has 110 valence electrons. The lowest BCUT2D eigenvalue weighted by molar-refractivity contribution is -0.121. The lowest BCUT2D eigenvalue weighted by Gasteiger charge is -2.22. The molecule has 0 spiro atoms. The van der Waals surface area contributed by atoms with Crippen LogP contribution in [-0.4, -0.2) is 25.5 Å². The van der Waals surface area contributed by atoms with Crippen LogP contribution < -0.4 is 10.6 Å². The summed E-state index contributed by atoms with van der Waals surface area (Å²) < 4.78 is 26.4. The first-order chi connectivity index (χ1) is 9.65. The third kappa shape index (κ3) is 4.56. The maximum absolute atomic E-state index is 13.4. The van der Waals surface area contributed by atoms with Gasteiger partial charge < -0.3 is 10.6 Å². The monoisotopic (exact) mass is 282 g/mol. The molecule has 1 aromatic carbocycles. The number of benzene rings is 1. The van der Waals surface area contributed by atoms with Crippen LogP contribution in [-0.2, 0) is 11.2 Å². The molecule has 0 saturated carbocycles. The second-order valence-corrected chi connectivity index (χ2v) is 5.25. The summed E-state index contributed by atoms with van der Waals surface area (Å²) in [5, 5.41) is 6.15. The van der Waals surface area contributed by atoms with Crippen molar-refractivity contribution < 1.29 is 13.6 Å². The number of carbonyl (C=O) groups is 1. The van der Waals surface area contributed by atoms with Gasteiger partial charge in [0.15, 0.2) is 0 Å². The molecule has 2 N–H and O–H groups in total. The highest BCUT2D eigenvalue weighted by atomic mass is 19.1. The van der Waals surface area contributed by atoms with Crippen molar-refractivity contribution in [2.75, 3.05) is 19.6 Å². The zero-order valence-electron chi connectivity index (χ0n) is 11.4. The Bertz CT molecular complexity index is 459. The Hall–Kier alpha value is -1.49. The van der Waals surface area contributed by atoms with Gasteiger partial charge in [-0.05, 0) is 62.0 Å². The summed E-state index contributed by atoms with van der Waals surface area (Å²) in [6.07, 6.45) is 2.65. The van der Waals surface area contributed by atoms with E-state index in [-0.39, 0.29) is 24.3 Å². The van der Waals surface area contributed by atoms with Crippen LogP contribution in [0.2, 0.25) is 0 Å². The van der Waals surface area contributed by atoms with Gasteiger partial charge in [-0.1, -0.05) is 0 Å².